The molecule has 0 bridgehead atoms. The number of allylic oxidation sites excluding steroid dienone is 1. The minimum atomic E-state index is -4.15. The van der Waals surface area contributed by atoms with Crippen LogP contribution in [0.3, 0.4) is 0 Å². The van der Waals surface area contributed by atoms with Crippen LogP contribution in [0.4, 0.5) is 0 Å². The van der Waals surface area contributed by atoms with Crippen LogP contribution in [0, 0.1) is 10.8 Å². The van der Waals surface area contributed by atoms with Gasteiger partial charge in [-0.1, -0.05) is 20.8 Å². The van der Waals surface area contributed by atoms with Gasteiger partial charge in [-0.3, -0.25) is 19.3 Å². The van der Waals surface area contributed by atoms with Gasteiger partial charge in [-0.05, 0) is 27.7 Å². The highest BCUT2D eigenvalue weighted by molar-refractivity contribution is 7.93. The van der Waals surface area contributed by atoms with E-state index in [0.717, 1.165) is 4.90 Å². The van der Waals surface area contributed by atoms with E-state index < -0.39 is 55.2 Å². The maximum absolute atomic E-state index is 13.1. The summed E-state index contributed by atoms with van der Waals surface area (Å²) in [6.45, 7) is 11.2. The molecule has 0 saturated carbocycles. The molecular formula is C18H27NO7S. The molecule has 0 aromatic heterocycles. The van der Waals surface area contributed by atoms with Crippen molar-refractivity contribution >= 4 is 27.5 Å². The maximum Gasteiger partial charge on any atom is 0.312 e. The number of carbonyl (C=O) groups is 3. The first kappa shape index (κ1) is 21.6. The van der Waals surface area contributed by atoms with Gasteiger partial charge in [0.2, 0.25) is 15.3 Å². The van der Waals surface area contributed by atoms with Gasteiger partial charge in [0, 0.05) is 18.1 Å². The van der Waals surface area contributed by atoms with Crippen LogP contribution in [0.25, 0.3) is 0 Å². The number of rotatable bonds is 3. The van der Waals surface area contributed by atoms with Crippen molar-refractivity contribution in [2.45, 2.75) is 65.4 Å². The molecule has 0 spiro atoms. The van der Waals surface area contributed by atoms with E-state index in [9.17, 15) is 22.8 Å². The molecule has 1 unspecified atom stereocenters. The molecule has 27 heavy (non-hydrogen) atoms. The molecule has 1 saturated heterocycles. The summed E-state index contributed by atoms with van der Waals surface area (Å²) in [7, 11) is -2.92. The van der Waals surface area contributed by atoms with Gasteiger partial charge in [0.25, 0.3) is 5.91 Å². The van der Waals surface area contributed by atoms with Gasteiger partial charge in [0.1, 0.15) is 0 Å². The third kappa shape index (κ3) is 3.31. The Bertz CT molecular complexity index is 827. The largest absolute Gasteiger partial charge is 0.441 e. The number of fused-ring (bicyclic) bond motifs is 1. The minimum absolute atomic E-state index is 0.0340. The number of Topliss-reactive ketones (excluding diaryl/α,β-unsaturated/α-hetero) is 1. The lowest BCUT2D eigenvalue weighted by molar-refractivity contribution is -0.162. The molecule has 2 aliphatic rings. The van der Waals surface area contributed by atoms with Crippen LogP contribution < -0.4 is 0 Å². The zero-order chi connectivity index (χ0) is 21.1. The molecule has 0 aliphatic carbocycles. The number of carbonyl (C=O) groups excluding carboxylic acids is 3. The smallest absolute Gasteiger partial charge is 0.312 e. The third-order valence-electron chi connectivity index (χ3n) is 4.57. The number of amides is 1. The molecule has 152 valence electrons. The lowest BCUT2D eigenvalue weighted by atomic mass is 9.85. The fourth-order valence-corrected chi connectivity index (χ4v) is 5.11. The predicted molar refractivity (Wildman–Crippen MR) is 96.8 cm³/mol. The lowest BCUT2D eigenvalue weighted by Gasteiger charge is -2.51. The van der Waals surface area contributed by atoms with E-state index in [4.69, 9.17) is 9.47 Å². The molecule has 1 fully saturated rings. The van der Waals surface area contributed by atoms with Gasteiger partial charge in [-0.2, -0.15) is 0 Å². The molecule has 2 aliphatic heterocycles. The van der Waals surface area contributed by atoms with Gasteiger partial charge in [0.15, 0.2) is 17.3 Å². The van der Waals surface area contributed by atoms with Crippen molar-refractivity contribution in [3.63, 3.8) is 0 Å². The lowest BCUT2D eigenvalue weighted by Crippen LogP contribution is -2.72. The summed E-state index contributed by atoms with van der Waals surface area (Å²) in [6.07, 6.45) is -1.23. The second-order valence-corrected chi connectivity index (χ2v) is 11.0. The number of ketones is 1. The number of β-lactam (4-membered cyclic amide) rings is 1. The highest BCUT2D eigenvalue weighted by Gasteiger charge is 2.64. The summed E-state index contributed by atoms with van der Waals surface area (Å²) >= 11 is 0. The molecule has 8 nitrogen and oxygen atoms in total. The van der Waals surface area contributed by atoms with Crippen LogP contribution in [0.1, 0.15) is 48.5 Å². The van der Waals surface area contributed by atoms with Crippen molar-refractivity contribution in [2.24, 2.45) is 10.8 Å². The molecule has 3 atom stereocenters. The van der Waals surface area contributed by atoms with E-state index >= 15 is 0 Å². The number of esters is 1. The van der Waals surface area contributed by atoms with Gasteiger partial charge < -0.3 is 9.47 Å². The standard InChI is InChI=1S/C18H27NO7S/c1-9-10(12(20)17(2,3)4)19-13(21)11(25-8)14(19)27(23,24)15(9)26-16(22)18(5,6)7/h11,14-15H,1-8H3/t11-,14+,15?/m0/s1. The molecule has 9 heteroatoms. The topological polar surface area (TPSA) is 107 Å². The Kier molecular flexibility index (Phi) is 5.12. The van der Waals surface area contributed by atoms with Crippen molar-refractivity contribution in [3.8, 4) is 0 Å². The highest BCUT2D eigenvalue weighted by atomic mass is 32.2. The first-order valence-corrected chi connectivity index (χ1v) is 10.2. The van der Waals surface area contributed by atoms with Crippen LogP contribution in [-0.4, -0.2) is 55.0 Å². The fraction of sp³-hybridized carbons (Fsp3) is 0.722. The Balaban J connectivity index is 2.66. The molecule has 1 amide bonds. The number of sulfone groups is 1. The average molecular weight is 401 g/mol. The molecule has 0 aromatic carbocycles. The number of methoxy groups -OCH3 is 1. The molecule has 2 rings (SSSR count). The second-order valence-electron chi connectivity index (χ2n) is 8.94. The van der Waals surface area contributed by atoms with Gasteiger partial charge in [0.05, 0.1) is 11.1 Å². The maximum atomic E-state index is 13.1. The monoisotopic (exact) mass is 401 g/mol. The highest BCUT2D eigenvalue weighted by Crippen LogP contribution is 2.43. The summed E-state index contributed by atoms with van der Waals surface area (Å²) in [4.78, 5) is 38.7. The van der Waals surface area contributed by atoms with Crippen LogP contribution in [-0.2, 0) is 33.7 Å². The Hall–Kier alpha value is -1.74. The van der Waals surface area contributed by atoms with Crippen LogP contribution >= 0.6 is 0 Å². The van der Waals surface area contributed by atoms with E-state index in [-0.39, 0.29) is 11.3 Å². The Morgan fingerprint density at radius 1 is 1.04 bits per heavy atom. The zero-order valence-electron chi connectivity index (χ0n) is 16.9. The van der Waals surface area contributed by atoms with Crippen molar-refractivity contribution in [2.75, 3.05) is 7.11 Å². The van der Waals surface area contributed by atoms with Crippen LogP contribution in [0.15, 0.2) is 11.3 Å². The summed E-state index contributed by atoms with van der Waals surface area (Å²) in [5.41, 5.74) is -3.44. The number of hydrogen-bond donors (Lipinski definition) is 0. The average Bonchev–Trinajstić information content (AvgIpc) is 2.50. The quantitative estimate of drug-likeness (QED) is 0.520. The summed E-state index contributed by atoms with van der Waals surface area (Å²) in [5, 5.41) is -1.39. The molecule has 2 heterocycles. The SMILES string of the molecule is CO[C@H]1C(=O)N2C(C(=O)C(C)(C)C)=C(C)C(OC(=O)C(C)(C)C)S(=O)(=O)[C@H]12. The molecular weight excluding hydrogens is 374 g/mol. The van der Waals surface area contributed by atoms with Crippen LogP contribution in [0.5, 0.6) is 0 Å². The molecule has 0 aromatic rings. The van der Waals surface area contributed by atoms with Crippen molar-refractivity contribution < 1.29 is 32.3 Å². The third-order valence-corrected chi connectivity index (χ3v) is 6.75. The summed E-state index contributed by atoms with van der Waals surface area (Å²) < 4.78 is 36.5. The van der Waals surface area contributed by atoms with E-state index in [2.05, 4.69) is 0 Å². The van der Waals surface area contributed by atoms with Crippen molar-refractivity contribution in [3.05, 3.63) is 11.3 Å². The van der Waals surface area contributed by atoms with Crippen molar-refractivity contribution in [1.29, 1.82) is 0 Å². The van der Waals surface area contributed by atoms with Gasteiger partial charge in [-0.15, -0.1) is 0 Å². The van der Waals surface area contributed by atoms with Crippen molar-refractivity contribution in [1.82, 2.24) is 4.90 Å². The van der Waals surface area contributed by atoms with E-state index in [0.29, 0.717) is 0 Å². The minimum Gasteiger partial charge on any atom is -0.441 e. The van der Waals surface area contributed by atoms with E-state index in [1.165, 1.54) is 14.0 Å². The Morgan fingerprint density at radius 3 is 1.96 bits per heavy atom. The van der Waals surface area contributed by atoms with Gasteiger partial charge in [-0.25, -0.2) is 8.42 Å². The number of ether oxygens (including phenoxy) is 2. The first-order chi connectivity index (χ1) is 12.1. The first-order valence-electron chi connectivity index (χ1n) is 8.62. The number of hydrogen-bond acceptors (Lipinski definition) is 7. The summed E-state index contributed by atoms with van der Waals surface area (Å²) in [5.74, 6) is -1.72. The molecule has 0 radical (unpaired) electrons. The predicted octanol–water partition coefficient (Wildman–Crippen LogP) is 1.40. The van der Waals surface area contributed by atoms with Crippen LogP contribution in [0.2, 0.25) is 0 Å². The zero-order valence-corrected chi connectivity index (χ0v) is 17.8. The van der Waals surface area contributed by atoms with Gasteiger partial charge >= 0.3 is 5.97 Å². The molecule has 0 N–H and O–H groups in total. The van der Waals surface area contributed by atoms with E-state index in [1.807, 2.05) is 0 Å². The number of nitrogens with zero attached hydrogens (tertiary/aromatic N) is 1. The Labute approximate surface area is 159 Å². The Morgan fingerprint density at radius 2 is 1.56 bits per heavy atom. The normalized spacial score (nSPS) is 27.8. The summed E-state index contributed by atoms with van der Waals surface area (Å²) in [6, 6.07) is 0. The van der Waals surface area contributed by atoms with E-state index in [1.54, 1.807) is 41.5 Å². The second kappa shape index (κ2) is 6.41. The fourth-order valence-electron chi connectivity index (χ4n) is 2.96.